The zero-order chi connectivity index (χ0) is 17.3. The average Bonchev–Trinajstić information content (AvgIpc) is 2.73. The Bertz CT molecular complexity index is 1150. The summed E-state index contributed by atoms with van der Waals surface area (Å²) < 4.78 is 0. The average molecular weight is 504 g/mol. The molecular weight excluding hydrogens is 490 g/mol. The first-order valence-electron chi connectivity index (χ1n) is 8.62. The second-order valence-corrected chi connectivity index (χ2v) is 6.34. The molecule has 0 aliphatic carbocycles. The summed E-state index contributed by atoms with van der Waals surface area (Å²) in [5.74, 6) is 0. The topological polar surface area (TPSA) is 0 Å². The van der Waals surface area contributed by atoms with E-state index >= 15 is 0 Å². The van der Waals surface area contributed by atoms with Gasteiger partial charge in [0, 0.05) is 65.4 Å². The Balaban J connectivity index is 0.00000112. The molecule has 0 aliphatic heterocycles. The fraction of sp³-hybridized carbons (Fsp3) is 0. The molecule has 128 valence electrons. The SMILES string of the molecule is [Y].[Y].[c-]1c[c-]c(-c2[c-]cc3ccccc3c2)cc1-c1[c-]c2ccccc2cc1. The molecule has 0 atom stereocenters. The largest absolute Gasteiger partial charge is 0.351 e. The van der Waals surface area contributed by atoms with Gasteiger partial charge in [-0.3, -0.25) is 17.2 Å². The van der Waals surface area contributed by atoms with Crippen LogP contribution in [0, 0.1) is 24.3 Å². The second kappa shape index (κ2) is 9.55. The molecule has 0 saturated heterocycles. The van der Waals surface area contributed by atoms with Crippen molar-refractivity contribution in [2.75, 3.05) is 0 Å². The normalized spacial score (nSPS) is 10.3. The number of rotatable bonds is 2. The van der Waals surface area contributed by atoms with Crippen LogP contribution in [0.25, 0.3) is 43.8 Å². The summed E-state index contributed by atoms with van der Waals surface area (Å²) in [4.78, 5) is 0. The molecule has 0 saturated carbocycles. The van der Waals surface area contributed by atoms with Gasteiger partial charge in [0.15, 0.2) is 0 Å². The van der Waals surface area contributed by atoms with Gasteiger partial charge in [0.1, 0.15) is 0 Å². The maximum atomic E-state index is 3.50. The van der Waals surface area contributed by atoms with Crippen molar-refractivity contribution in [1.82, 2.24) is 0 Å². The molecule has 0 aromatic heterocycles. The smallest absolute Gasteiger partial charge is 0 e. The van der Waals surface area contributed by atoms with Crippen LogP contribution < -0.4 is 0 Å². The maximum absolute atomic E-state index is 3.50. The zero-order valence-electron chi connectivity index (χ0n) is 15.2. The van der Waals surface area contributed by atoms with Crippen LogP contribution in [0.4, 0.5) is 0 Å². The minimum absolute atomic E-state index is 0. The van der Waals surface area contributed by atoms with Gasteiger partial charge in [-0.25, -0.2) is 12.1 Å². The fourth-order valence-corrected chi connectivity index (χ4v) is 3.29. The van der Waals surface area contributed by atoms with Crippen molar-refractivity contribution in [2.24, 2.45) is 0 Å². The van der Waals surface area contributed by atoms with Gasteiger partial charge in [-0.05, 0) is 0 Å². The van der Waals surface area contributed by atoms with Gasteiger partial charge >= 0.3 is 0 Å². The summed E-state index contributed by atoms with van der Waals surface area (Å²) in [6.45, 7) is 0. The molecule has 0 N–H and O–H groups in total. The standard InChI is InChI=1S/C26H14.2Y/c1-3-8-21-16-25(14-12-19(21)6-1)23-10-5-11-24(18-23)26-15-13-20-7-2-4-9-22(20)17-26;;/h1-9,12-14,17-18H;;/q-4;;. The molecule has 5 aromatic carbocycles. The third kappa shape index (κ3) is 4.36. The van der Waals surface area contributed by atoms with E-state index in [2.05, 4.69) is 78.9 Å². The number of hydrogen-bond acceptors (Lipinski definition) is 0. The molecule has 0 unspecified atom stereocenters. The van der Waals surface area contributed by atoms with Crippen LogP contribution in [-0.2, 0) is 65.4 Å². The first-order valence-corrected chi connectivity index (χ1v) is 8.62. The molecule has 0 bridgehead atoms. The van der Waals surface area contributed by atoms with E-state index in [1.807, 2.05) is 30.3 Å². The Morgan fingerprint density at radius 1 is 0.500 bits per heavy atom. The minimum atomic E-state index is 0. The van der Waals surface area contributed by atoms with Gasteiger partial charge in [-0.15, -0.1) is 41.1 Å². The maximum Gasteiger partial charge on any atom is 0 e. The number of fused-ring (bicyclic) bond motifs is 2. The van der Waals surface area contributed by atoms with Gasteiger partial charge in [-0.2, -0.15) is 5.56 Å². The predicted octanol–water partition coefficient (Wildman–Crippen LogP) is 6.52. The van der Waals surface area contributed by atoms with E-state index in [9.17, 15) is 0 Å². The van der Waals surface area contributed by atoms with E-state index in [4.69, 9.17) is 0 Å². The molecule has 5 rings (SSSR count). The molecule has 5 aromatic rings. The van der Waals surface area contributed by atoms with Crippen LogP contribution >= 0.6 is 0 Å². The van der Waals surface area contributed by atoms with E-state index in [0.717, 1.165) is 27.6 Å². The van der Waals surface area contributed by atoms with Crippen molar-refractivity contribution in [1.29, 1.82) is 0 Å². The Kier molecular flexibility index (Phi) is 7.35. The van der Waals surface area contributed by atoms with Crippen molar-refractivity contribution >= 4 is 21.5 Å². The number of benzene rings is 5. The monoisotopic (exact) mass is 504 g/mol. The van der Waals surface area contributed by atoms with Crippen molar-refractivity contribution in [3.8, 4) is 22.3 Å². The molecule has 0 spiro atoms. The van der Waals surface area contributed by atoms with Crippen LogP contribution in [0.1, 0.15) is 0 Å². The van der Waals surface area contributed by atoms with Crippen LogP contribution in [-0.4, -0.2) is 0 Å². The van der Waals surface area contributed by atoms with E-state index in [0.29, 0.717) is 0 Å². The summed E-state index contributed by atoms with van der Waals surface area (Å²) in [5.41, 5.74) is 4.12. The van der Waals surface area contributed by atoms with E-state index in [1.165, 1.54) is 16.2 Å². The predicted molar refractivity (Wildman–Crippen MR) is 108 cm³/mol. The minimum Gasteiger partial charge on any atom is -0.351 e. The molecule has 2 heteroatoms. The van der Waals surface area contributed by atoms with Gasteiger partial charge in [-0.1, -0.05) is 53.2 Å². The van der Waals surface area contributed by atoms with Crippen LogP contribution in [0.2, 0.25) is 0 Å². The van der Waals surface area contributed by atoms with Crippen molar-refractivity contribution < 1.29 is 65.4 Å². The molecule has 0 fully saturated rings. The zero-order valence-corrected chi connectivity index (χ0v) is 20.9. The summed E-state index contributed by atoms with van der Waals surface area (Å²) >= 11 is 0. The molecule has 0 aliphatic rings. The third-order valence-corrected chi connectivity index (χ3v) is 4.66. The Morgan fingerprint density at radius 3 is 1.96 bits per heavy atom. The van der Waals surface area contributed by atoms with Crippen molar-refractivity contribution in [3.05, 3.63) is 109 Å². The van der Waals surface area contributed by atoms with E-state index < -0.39 is 0 Å². The van der Waals surface area contributed by atoms with E-state index in [-0.39, 0.29) is 65.4 Å². The molecule has 28 heavy (non-hydrogen) atoms. The van der Waals surface area contributed by atoms with E-state index in [1.54, 1.807) is 0 Å². The van der Waals surface area contributed by atoms with Gasteiger partial charge in [0.2, 0.25) is 0 Å². The Labute approximate surface area is 216 Å². The van der Waals surface area contributed by atoms with Gasteiger partial charge in [0.25, 0.3) is 0 Å². The quantitative estimate of drug-likeness (QED) is 0.240. The van der Waals surface area contributed by atoms with Gasteiger partial charge in [0.05, 0.1) is 0 Å². The summed E-state index contributed by atoms with van der Waals surface area (Å²) in [7, 11) is 0. The van der Waals surface area contributed by atoms with Crippen molar-refractivity contribution in [2.45, 2.75) is 0 Å². The Morgan fingerprint density at radius 2 is 1.14 bits per heavy atom. The number of hydrogen-bond donors (Lipinski definition) is 0. The first-order chi connectivity index (χ1) is 12.9. The Hall–Kier alpha value is -1.17. The molecule has 0 heterocycles. The first kappa shape index (κ1) is 21.5. The van der Waals surface area contributed by atoms with Crippen LogP contribution in [0.5, 0.6) is 0 Å². The summed E-state index contributed by atoms with van der Waals surface area (Å²) in [6.07, 6.45) is 0. The third-order valence-electron chi connectivity index (χ3n) is 4.66. The van der Waals surface area contributed by atoms with Crippen LogP contribution in [0.3, 0.4) is 0 Å². The summed E-state index contributed by atoms with van der Waals surface area (Å²) in [6, 6.07) is 42.5. The molecule has 0 amide bonds. The van der Waals surface area contributed by atoms with Crippen LogP contribution in [0.15, 0.2) is 84.9 Å². The summed E-state index contributed by atoms with van der Waals surface area (Å²) in [5, 5.41) is 4.72. The van der Waals surface area contributed by atoms with Gasteiger partial charge < -0.3 is 23.8 Å². The fourth-order valence-electron chi connectivity index (χ4n) is 3.29. The molecule has 2 radical (unpaired) electrons. The molecule has 0 nitrogen and oxygen atoms in total. The van der Waals surface area contributed by atoms with Crippen molar-refractivity contribution in [3.63, 3.8) is 0 Å². The molecular formula is C26H14Y2-4. The second-order valence-electron chi connectivity index (χ2n) is 6.34.